The molecule has 1 saturated carbocycles. The average Bonchev–Trinajstić information content (AvgIpc) is 2.93. The Labute approximate surface area is 121 Å². The van der Waals surface area contributed by atoms with Crippen molar-refractivity contribution in [3.63, 3.8) is 0 Å². The topological polar surface area (TPSA) is 55.9 Å². The molecule has 5 heteroatoms. The molecule has 3 rings (SSSR count). The lowest BCUT2D eigenvalue weighted by atomic mass is 9.92. The Morgan fingerprint density at radius 1 is 1.30 bits per heavy atom. The number of quaternary nitrogens is 1. The van der Waals surface area contributed by atoms with Crippen molar-refractivity contribution in [3.8, 4) is 0 Å². The molecule has 1 fully saturated rings. The second-order valence-electron chi connectivity index (χ2n) is 7.39. The standard InChI is InChI=1S/C15H28N5/c1-20(2,3)10-9-17-15-14(16)13-8-7-11-5-4-6-12(11)19(13)18-15/h11-12H,4-10,16H2,1-3H3,(H,17,18)/q+1. The van der Waals surface area contributed by atoms with Gasteiger partial charge in [0.1, 0.15) is 0 Å². The van der Waals surface area contributed by atoms with Gasteiger partial charge in [0, 0.05) is 0 Å². The molecule has 0 saturated heterocycles. The largest absolute Gasteiger partial charge is 0.394 e. The lowest BCUT2D eigenvalue weighted by Gasteiger charge is -2.27. The summed E-state index contributed by atoms with van der Waals surface area (Å²) in [6.45, 7) is 1.98. The monoisotopic (exact) mass is 278 g/mol. The van der Waals surface area contributed by atoms with Crippen LogP contribution in [-0.2, 0) is 6.42 Å². The van der Waals surface area contributed by atoms with Crippen LogP contribution in [0.15, 0.2) is 0 Å². The van der Waals surface area contributed by atoms with Crippen molar-refractivity contribution >= 4 is 11.5 Å². The second-order valence-corrected chi connectivity index (χ2v) is 7.39. The average molecular weight is 278 g/mol. The number of nitrogens with zero attached hydrogens (tertiary/aromatic N) is 3. The van der Waals surface area contributed by atoms with E-state index in [4.69, 9.17) is 10.8 Å². The minimum absolute atomic E-state index is 0.606. The third-order valence-electron chi connectivity index (χ3n) is 4.81. The maximum absolute atomic E-state index is 6.31. The molecule has 3 N–H and O–H groups in total. The number of fused-ring (bicyclic) bond motifs is 3. The minimum atomic E-state index is 0.606. The third-order valence-corrected chi connectivity index (χ3v) is 4.81. The molecular formula is C15H28N5+. The van der Waals surface area contributed by atoms with E-state index in [9.17, 15) is 0 Å². The molecule has 2 unspecified atom stereocenters. The third kappa shape index (κ3) is 2.51. The quantitative estimate of drug-likeness (QED) is 0.827. The normalized spacial score (nSPS) is 25.4. The van der Waals surface area contributed by atoms with Crippen LogP contribution in [-0.4, -0.2) is 48.5 Å². The molecule has 0 amide bonds. The highest BCUT2D eigenvalue weighted by Gasteiger charge is 2.35. The van der Waals surface area contributed by atoms with Gasteiger partial charge < -0.3 is 15.5 Å². The van der Waals surface area contributed by atoms with Crippen LogP contribution in [0.5, 0.6) is 0 Å². The highest BCUT2D eigenvalue weighted by atomic mass is 15.4. The fraction of sp³-hybridized carbons (Fsp3) is 0.800. The number of likely N-dealkylation sites (N-methyl/N-ethyl adjacent to an activating group) is 1. The first-order chi connectivity index (χ1) is 9.46. The van der Waals surface area contributed by atoms with E-state index >= 15 is 0 Å². The summed E-state index contributed by atoms with van der Waals surface area (Å²) in [5.41, 5.74) is 8.46. The molecule has 0 radical (unpaired) electrons. The molecule has 20 heavy (non-hydrogen) atoms. The summed E-state index contributed by atoms with van der Waals surface area (Å²) in [7, 11) is 6.60. The summed E-state index contributed by atoms with van der Waals surface area (Å²) < 4.78 is 3.19. The Kier molecular flexibility index (Phi) is 3.40. The highest BCUT2D eigenvalue weighted by Crippen LogP contribution is 2.44. The van der Waals surface area contributed by atoms with E-state index in [1.807, 2.05) is 0 Å². The van der Waals surface area contributed by atoms with Gasteiger partial charge in [0.05, 0.1) is 51.7 Å². The van der Waals surface area contributed by atoms with Crippen LogP contribution in [0.3, 0.4) is 0 Å². The van der Waals surface area contributed by atoms with Gasteiger partial charge in [-0.15, -0.1) is 0 Å². The lowest BCUT2D eigenvalue weighted by Crippen LogP contribution is -2.38. The van der Waals surface area contributed by atoms with Gasteiger partial charge >= 0.3 is 0 Å². The molecule has 112 valence electrons. The first-order valence-corrected chi connectivity index (χ1v) is 7.87. The van der Waals surface area contributed by atoms with Crippen molar-refractivity contribution < 1.29 is 4.48 Å². The van der Waals surface area contributed by atoms with Gasteiger partial charge in [0.2, 0.25) is 0 Å². The van der Waals surface area contributed by atoms with Gasteiger partial charge in [0.25, 0.3) is 0 Å². The first kappa shape index (κ1) is 13.7. The number of nitrogens with one attached hydrogen (secondary N) is 1. The SMILES string of the molecule is C[N+](C)(C)CCNc1nn2c(c1N)CCC1CCCC12. The Morgan fingerprint density at radius 2 is 2.10 bits per heavy atom. The van der Waals surface area contributed by atoms with E-state index in [-0.39, 0.29) is 0 Å². The van der Waals surface area contributed by atoms with Crippen LogP contribution >= 0.6 is 0 Å². The summed E-state index contributed by atoms with van der Waals surface area (Å²) in [6, 6.07) is 0.606. The Balaban J connectivity index is 1.74. The molecule has 0 spiro atoms. The molecule has 1 aromatic heterocycles. The minimum Gasteiger partial charge on any atom is -0.394 e. The number of nitrogen functional groups attached to an aromatic ring is 1. The number of aromatic nitrogens is 2. The summed E-state index contributed by atoms with van der Waals surface area (Å²) in [6.07, 6.45) is 6.37. The first-order valence-electron chi connectivity index (χ1n) is 7.87. The van der Waals surface area contributed by atoms with Crippen molar-refractivity contribution in [2.45, 2.75) is 38.1 Å². The van der Waals surface area contributed by atoms with E-state index in [2.05, 4.69) is 31.1 Å². The van der Waals surface area contributed by atoms with Crippen LogP contribution in [0, 0.1) is 5.92 Å². The highest BCUT2D eigenvalue weighted by molar-refractivity contribution is 5.65. The lowest BCUT2D eigenvalue weighted by molar-refractivity contribution is -0.868. The predicted molar refractivity (Wildman–Crippen MR) is 82.7 cm³/mol. The Bertz CT molecular complexity index is 485. The zero-order chi connectivity index (χ0) is 14.3. The fourth-order valence-electron chi connectivity index (χ4n) is 3.64. The molecule has 1 aliphatic heterocycles. The van der Waals surface area contributed by atoms with Crippen LogP contribution in [0.25, 0.3) is 0 Å². The molecule has 1 aromatic rings. The van der Waals surface area contributed by atoms with Gasteiger partial charge in [-0.05, 0) is 31.6 Å². The summed E-state index contributed by atoms with van der Waals surface area (Å²) in [5, 5.41) is 8.22. The molecule has 2 atom stereocenters. The van der Waals surface area contributed by atoms with Crippen molar-refractivity contribution in [2.75, 3.05) is 45.3 Å². The maximum Gasteiger partial charge on any atom is 0.171 e. The molecule has 0 bridgehead atoms. The smallest absolute Gasteiger partial charge is 0.171 e. The second kappa shape index (κ2) is 4.95. The van der Waals surface area contributed by atoms with Gasteiger partial charge in [-0.3, -0.25) is 4.68 Å². The number of hydrogen-bond donors (Lipinski definition) is 2. The van der Waals surface area contributed by atoms with E-state index in [0.29, 0.717) is 6.04 Å². The van der Waals surface area contributed by atoms with Crippen LogP contribution in [0.4, 0.5) is 11.5 Å². The van der Waals surface area contributed by atoms with E-state index in [1.165, 1.54) is 31.4 Å². The van der Waals surface area contributed by atoms with E-state index in [1.54, 1.807) is 0 Å². The number of anilines is 2. The number of rotatable bonds is 4. The van der Waals surface area contributed by atoms with E-state index < -0.39 is 0 Å². The zero-order valence-electron chi connectivity index (χ0n) is 13.0. The number of nitrogens with two attached hydrogens (primary N) is 1. The molecule has 2 aliphatic rings. The van der Waals surface area contributed by atoms with Gasteiger partial charge in [0.15, 0.2) is 5.82 Å². The van der Waals surface area contributed by atoms with Gasteiger partial charge in [-0.25, -0.2) is 0 Å². The summed E-state index contributed by atoms with van der Waals surface area (Å²) in [5.74, 6) is 1.74. The Morgan fingerprint density at radius 3 is 2.85 bits per heavy atom. The maximum atomic E-state index is 6.31. The van der Waals surface area contributed by atoms with Gasteiger partial charge in [-0.1, -0.05) is 6.42 Å². The summed E-state index contributed by atoms with van der Waals surface area (Å²) in [4.78, 5) is 0. The Hall–Kier alpha value is -1.23. The molecule has 0 aromatic carbocycles. The fourth-order valence-corrected chi connectivity index (χ4v) is 3.64. The molecule has 2 heterocycles. The van der Waals surface area contributed by atoms with Crippen molar-refractivity contribution in [3.05, 3.63) is 5.69 Å². The van der Waals surface area contributed by atoms with Crippen molar-refractivity contribution in [2.24, 2.45) is 5.92 Å². The van der Waals surface area contributed by atoms with Gasteiger partial charge in [-0.2, -0.15) is 5.10 Å². The van der Waals surface area contributed by atoms with Crippen LogP contribution in [0.2, 0.25) is 0 Å². The van der Waals surface area contributed by atoms with Crippen LogP contribution < -0.4 is 11.1 Å². The molecule has 1 aliphatic carbocycles. The summed E-state index contributed by atoms with van der Waals surface area (Å²) >= 11 is 0. The van der Waals surface area contributed by atoms with Crippen molar-refractivity contribution in [1.29, 1.82) is 0 Å². The zero-order valence-corrected chi connectivity index (χ0v) is 13.0. The number of hydrogen-bond acceptors (Lipinski definition) is 3. The van der Waals surface area contributed by atoms with Crippen LogP contribution in [0.1, 0.15) is 37.4 Å². The molecular weight excluding hydrogens is 250 g/mol. The predicted octanol–water partition coefficient (Wildman–Crippen LogP) is 1.87. The van der Waals surface area contributed by atoms with E-state index in [0.717, 1.165) is 41.4 Å². The molecule has 5 nitrogen and oxygen atoms in total. The van der Waals surface area contributed by atoms with Crippen molar-refractivity contribution in [1.82, 2.24) is 9.78 Å².